The number of terminal acetylenes is 1. The minimum Gasteiger partial charge on any atom is -0.444 e. The molecule has 194 valence electrons. The third kappa shape index (κ3) is 9.25. The molecule has 0 saturated carbocycles. The SMILES string of the molecule is C#Cc1ccccc1C(C(=O)NCCCCC)N(C(=O)C(CO)NC(=O)OC(C)(C)C)C(C)(C)C. The van der Waals surface area contributed by atoms with Crippen LogP contribution in [0.1, 0.15) is 84.9 Å². The lowest BCUT2D eigenvalue weighted by Crippen LogP contribution is -2.59. The number of carbonyl (C=O) groups excluding carboxylic acids is 3. The molecule has 0 heterocycles. The van der Waals surface area contributed by atoms with Crippen LogP contribution in [0.2, 0.25) is 0 Å². The Labute approximate surface area is 209 Å². The van der Waals surface area contributed by atoms with E-state index in [1.54, 1.807) is 65.8 Å². The zero-order valence-electron chi connectivity index (χ0n) is 22.1. The Morgan fingerprint density at radius 3 is 2.26 bits per heavy atom. The van der Waals surface area contributed by atoms with Crippen LogP contribution in [0.25, 0.3) is 0 Å². The monoisotopic (exact) mass is 487 g/mol. The van der Waals surface area contributed by atoms with Crippen molar-refractivity contribution < 1.29 is 24.2 Å². The highest BCUT2D eigenvalue weighted by Gasteiger charge is 2.42. The summed E-state index contributed by atoms with van der Waals surface area (Å²) in [5.74, 6) is 1.58. The number of aliphatic hydroxyl groups excluding tert-OH is 1. The summed E-state index contributed by atoms with van der Waals surface area (Å²) in [4.78, 5) is 41.1. The van der Waals surface area contributed by atoms with Gasteiger partial charge in [0.05, 0.1) is 6.61 Å². The van der Waals surface area contributed by atoms with Crippen molar-refractivity contribution in [2.24, 2.45) is 0 Å². The van der Waals surface area contributed by atoms with Gasteiger partial charge >= 0.3 is 6.09 Å². The van der Waals surface area contributed by atoms with Crippen molar-refractivity contribution in [2.75, 3.05) is 13.2 Å². The van der Waals surface area contributed by atoms with Crippen molar-refractivity contribution in [3.63, 3.8) is 0 Å². The van der Waals surface area contributed by atoms with Crippen LogP contribution < -0.4 is 10.6 Å². The molecule has 35 heavy (non-hydrogen) atoms. The Balaban J connectivity index is 3.48. The molecule has 1 aromatic rings. The number of nitrogens with one attached hydrogen (secondary N) is 2. The molecule has 1 aromatic carbocycles. The van der Waals surface area contributed by atoms with Gasteiger partial charge in [0.1, 0.15) is 17.7 Å². The molecule has 2 unspecified atom stereocenters. The molecule has 2 atom stereocenters. The molecule has 0 bridgehead atoms. The van der Waals surface area contributed by atoms with Gasteiger partial charge in [0.15, 0.2) is 0 Å². The molecule has 0 aliphatic rings. The van der Waals surface area contributed by atoms with E-state index in [1.807, 2.05) is 0 Å². The fraction of sp³-hybridized carbons (Fsp3) is 0.593. The summed E-state index contributed by atoms with van der Waals surface area (Å²) in [7, 11) is 0. The van der Waals surface area contributed by atoms with E-state index in [9.17, 15) is 19.5 Å². The highest BCUT2D eigenvalue weighted by atomic mass is 16.6. The molecule has 0 saturated heterocycles. The summed E-state index contributed by atoms with van der Waals surface area (Å²) in [6, 6.07) is 4.54. The average Bonchev–Trinajstić information content (AvgIpc) is 2.76. The standard InChI is InChI=1S/C27H41N3O5/c1-9-11-14-17-28-23(32)22(20-16-13-12-15-19(20)10-2)30(26(3,4)5)24(33)21(18-31)29-25(34)35-27(6,7)8/h2,12-13,15-16,21-22,31H,9,11,14,17-18H2,1,3-8H3,(H,28,32)(H,29,34). The first-order chi connectivity index (χ1) is 16.3. The van der Waals surface area contributed by atoms with Crippen molar-refractivity contribution in [1.82, 2.24) is 15.5 Å². The van der Waals surface area contributed by atoms with Crippen LogP contribution in [-0.2, 0) is 14.3 Å². The Kier molecular flexibility index (Phi) is 11.3. The average molecular weight is 488 g/mol. The van der Waals surface area contributed by atoms with Gasteiger partial charge in [-0.3, -0.25) is 9.59 Å². The number of hydrogen-bond donors (Lipinski definition) is 3. The van der Waals surface area contributed by atoms with Gasteiger partial charge in [-0.2, -0.15) is 0 Å². The van der Waals surface area contributed by atoms with Gasteiger partial charge in [-0.25, -0.2) is 4.79 Å². The number of unbranched alkanes of at least 4 members (excludes halogenated alkanes) is 2. The topological polar surface area (TPSA) is 108 Å². The van der Waals surface area contributed by atoms with E-state index in [2.05, 4.69) is 23.5 Å². The molecule has 3 N–H and O–H groups in total. The molecule has 0 aliphatic heterocycles. The highest BCUT2D eigenvalue weighted by Crippen LogP contribution is 2.31. The van der Waals surface area contributed by atoms with Gasteiger partial charge in [-0.05, 0) is 59.6 Å². The minimum absolute atomic E-state index is 0.388. The van der Waals surface area contributed by atoms with Gasteiger partial charge in [-0.15, -0.1) is 6.42 Å². The Morgan fingerprint density at radius 2 is 1.74 bits per heavy atom. The number of aliphatic hydroxyl groups is 1. The van der Waals surface area contributed by atoms with Crippen molar-refractivity contribution in [3.05, 3.63) is 35.4 Å². The van der Waals surface area contributed by atoms with Gasteiger partial charge in [0, 0.05) is 17.6 Å². The molecule has 0 aromatic heterocycles. The van der Waals surface area contributed by atoms with Gasteiger partial charge in [-0.1, -0.05) is 43.9 Å². The zero-order valence-corrected chi connectivity index (χ0v) is 22.1. The Hall–Kier alpha value is -3.05. The number of hydrogen-bond acceptors (Lipinski definition) is 5. The lowest BCUT2D eigenvalue weighted by molar-refractivity contribution is -0.149. The van der Waals surface area contributed by atoms with Crippen molar-refractivity contribution in [2.45, 2.75) is 91.0 Å². The summed E-state index contributed by atoms with van der Waals surface area (Å²) in [6.45, 7) is 12.3. The summed E-state index contributed by atoms with van der Waals surface area (Å²) in [5, 5.41) is 15.4. The molecule has 1 rings (SSSR count). The molecular formula is C27H41N3O5. The first kappa shape index (κ1) is 30.0. The number of ether oxygens (including phenoxy) is 1. The normalized spacial score (nSPS) is 13.2. The second-order valence-electron chi connectivity index (χ2n) is 10.4. The fourth-order valence-electron chi connectivity index (χ4n) is 3.60. The smallest absolute Gasteiger partial charge is 0.408 e. The van der Waals surface area contributed by atoms with Crippen LogP contribution in [-0.4, -0.2) is 58.2 Å². The zero-order chi connectivity index (χ0) is 26.8. The first-order valence-corrected chi connectivity index (χ1v) is 12.0. The number of rotatable bonds is 10. The molecule has 0 spiro atoms. The lowest BCUT2D eigenvalue weighted by atomic mass is 9.92. The van der Waals surface area contributed by atoms with Crippen LogP contribution in [0.15, 0.2) is 24.3 Å². The third-order valence-electron chi connectivity index (χ3n) is 5.13. The number of amides is 3. The largest absolute Gasteiger partial charge is 0.444 e. The Bertz CT molecular complexity index is 909. The van der Waals surface area contributed by atoms with E-state index in [-0.39, 0.29) is 5.91 Å². The molecule has 0 aliphatic carbocycles. The van der Waals surface area contributed by atoms with Gasteiger partial charge in [0.2, 0.25) is 11.8 Å². The number of nitrogens with zero attached hydrogens (tertiary/aromatic N) is 1. The second kappa shape index (κ2) is 13.1. The van der Waals surface area contributed by atoms with Crippen LogP contribution >= 0.6 is 0 Å². The molecule has 8 heteroatoms. The van der Waals surface area contributed by atoms with Crippen molar-refractivity contribution in [1.29, 1.82) is 0 Å². The molecule has 0 fully saturated rings. The summed E-state index contributed by atoms with van der Waals surface area (Å²) in [5.41, 5.74) is -0.694. The van der Waals surface area contributed by atoms with Crippen LogP contribution in [0, 0.1) is 12.3 Å². The van der Waals surface area contributed by atoms with Gasteiger partial charge < -0.3 is 25.4 Å². The molecular weight excluding hydrogens is 446 g/mol. The van der Waals surface area contributed by atoms with Crippen LogP contribution in [0.5, 0.6) is 0 Å². The maximum absolute atomic E-state index is 13.8. The lowest BCUT2D eigenvalue weighted by Gasteiger charge is -2.43. The predicted molar refractivity (Wildman–Crippen MR) is 136 cm³/mol. The van der Waals surface area contributed by atoms with E-state index in [0.717, 1.165) is 19.3 Å². The van der Waals surface area contributed by atoms with Gasteiger partial charge in [0.25, 0.3) is 0 Å². The van der Waals surface area contributed by atoms with Crippen LogP contribution in [0.3, 0.4) is 0 Å². The number of benzene rings is 1. The number of carbonyl (C=O) groups is 3. The third-order valence-corrected chi connectivity index (χ3v) is 5.13. The summed E-state index contributed by atoms with van der Waals surface area (Å²) in [6.07, 6.45) is 7.64. The van der Waals surface area contributed by atoms with Crippen molar-refractivity contribution >= 4 is 17.9 Å². The van der Waals surface area contributed by atoms with Crippen molar-refractivity contribution in [3.8, 4) is 12.3 Å². The Morgan fingerprint density at radius 1 is 1.11 bits per heavy atom. The molecule has 0 radical (unpaired) electrons. The fourth-order valence-corrected chi connectivity index (χ4v) is 3.60. The quantitative estimate of drug-likeness (QED) is 0.346. The maximum atomic E-state index is 13.8. The first-order valence-electron chi connectivity index (χ1n) is 12.0. The van der Waals surface area contributed by atoms with E-state index < -0.39 is 41.8 Å². The van der Waals surface area contributed by atoms with E-state index in [0.29, 0.717) is 17.7 Å². The number of alkyl carbamates (subject to hydrolysis) is 1. The molecule has 8 nitrogen and oxygen atoms in total. The summed E-state index contributed by atoms with van der Waals surface area (Å²) < 4.78 is 5.25. The molecule has 3 amide bonds. The predicted octanol–water partition coefficient (Wildman–Crippen LogP) is 3.53. The van der Waals surface area contributed by atoms with E-state index in [1.165, 1.54) is 4.90 Å². The minimum atomic E-state index is -1.32. The highest BCUT2D eigenvalue weighted by molar-refractivity contribution is 5.93. The van der Waals surface area contributed by atoms with E-state index in [4.69, 9.17) is 11.2 Å². The maximum Gasteiger partial charge on any atom is 0.408 e. The van der Waals surface area contributed by atoms with E-state index >= 15 is 0 Å². The summed E-state index contributed by atoms with van der Waals surface area (Å²) >= 11 is 0. The van der Waals surface area contributed by atoms with Crippen LogP contribution in [0.4, 0.5) is 4.79 Å². The second-order valence-corrected chi connectivity index (χ2v) is 10.4.